The van der Waals surface area contributed by atoms with Gasteiger partial charge >= 0.3 is 12.0 Å². The molecule has 1 rings (SSSR count). The van der Waals surface area contributed by atoms with Crippen molar-refractivity contribution < 1.29 is 24.2 Å². The zero-order valence-electron chi connectivity index (χ0n) is 12.8. The van der Waals surface area contributed by atoms with Crippen molar-refractivity contribution in [2.75, 3.05) is 33.0 Å². The van der Waals surface area contributed by atoms with Crippen LogP contribution in [0.25, 0.3) is 0 Å². The van der Waals surface area contributed by atoms with Crippen LogP contribution in [0, 0.1) is 5.92 Å². The second-order valence-electron chi connectivity index (χ2n) is 5.68. The number of amides is 2. The highest BCUT2D eigenvalue weighted by Crippen LogP contribution is 2.20. The minimum atomic E-state index is -1.22. The lowest BCUT2D eigenvalue weighted by Crippen LogP contribution is -2.59. The van der Waals surface area contributed by atoms with E-state index < -0.39 is 17.5 Å². The minimum absolute atomic E-state index is 0.278. The number of aliphatic carboxylic acids is 1. The maximum atomic E-state index is 11.8. The van der Waals surface area contributed by atoms with Crippen LogP contribution in [0.2, 0.25) is 0 Å². The summed E-state index contributed by atoms with van der Waals surface area (Å²) < 4.78 is 10.5. The van der Waals surface area contributed by atoms with Crippen molar-refractivity contribution in [1.29, 1.82) is 0 Å². The Labute approximate surface area is 125 Å². The van der Waals surface area contributed by atoms with E-state index in [9.17, 15) is 14.7 Å². The van der Waals surface area contributed by atoms with Gasteiger partial charge in [0.25, 0.3) is 0 Å². The third kappa shape index (κ3) is 6.31. The van der Waals surface area contributed by atoms with Crippen molar-refractivity contribution in [3.05, 3.63) is 0 Å². The highest BCUT2D eigenvalue weighted by molar-refractivity contribution is 5.86. The number of carboxylic acids is 1. The number of urea groups is 1. The highest BCUT2D eigenvalue weighted by Gasteiger charge is 2.41. The van der Waals surface area contributed by atoms with Crippen LogP contribution in [0.15, 0.2) is 0 Å². The molecule has 0 unspecified atom stereocenters. The molecule has 0 spiro atoms. The molecule has 2 amide bonds. The average Bonchev–Trinajstić information content (AvgIpc) is 2.43. The Kier molecular flexibility index (Phi) is 7.45. The first-order valence-electron chi connectivity index (χ1n) is 7.41. The summed E-state index contributed by atoms with van der Waals surface area (Å²) in [5.74, 6) is -0.431. The number of hydrogen-bond donors (Lipinski definition) is 3. The number of carbonyl (C=O) groups is 2. The fraction of sp³-hybridized carbons (Fsp3) is 0.857. The Hall–Kier alpha value is -1.34. The number of ether oxygens (including phenoxy) is 2. The molecule has 1 heterocycles. The summed E-state index contributed by atoms with van der Waals surface area (Å²) in [4.78, 5) is 23.1. The van der Waals surface area contributed by atoms with Gasteiger partial charge in [0.15, 0.2) is 0 Å². The average molecular weight is 302 g/mol. The van der Waals surface area contributed by atoms with E-state index in [-0.39, 0.29) is 12.8 Å². The van der Waals surface area contributed by atoms with Gasteiger partial charge in [0.05, 0.1) is 6.61 Å². The van der Waals surface area contributed by atoms with Crippen molar-refractivity contribution in [3.8, 4) is 0 Å². The summed E-state index contributed by atoms with van der Waals surface area (Å²) in [6.07, 6.45) is 1.54. The number of rotatable bonds is 8. The van der Waals surface area contributed by atoms with Crippen LogP contribution in [-0.4, -0.2) is 55.6 Å². The molecule has 0 bridgehead atoms. The molecule has 122 valence electrons. The zero-order valence-corrected chi connectivity index (χ0v) is 12.8. The minimum Gasteiger partial charge on any atom is -0.480 e. The van der Waals surface area contributed by atoms with Crippen LogP contribution in [0.1, 0.15) is 33.1 Å². The predicted octanol–water partition coefficient (Wildman–Crippen LogP) is 0.982. The maximum Gasteiger partial charge on any atom is 0.329 e. The zero-order chi connectivity index (χ0) is 15.7. The van der Waals surface area contributed by atoms with Crippen LogP contribution in [0.4, 0.5) is 4.79 Å². The molecule has 0 aromatic carbocycles. The molecule has 0 saturated carbocycles. The van der Waals surface area contributed by atoms with Crippen molar-refractivity contribution >= 4 is 12.0 Å². The maximum absolute atomic E-state index is 11.8. The lowest BCUT2D eigenvalue weighted by Gasteiger charge is -2.33. The third-order valence-electron chi connectivity index (χ3n) is 3.48. The third-order valence-corrected chi connectivity index (χ3v) is 3.48. The molecule has 1 fully saturated rings. The van der Waals surface area contributed by atoms with Gasteiger partial charge in [-0.2, -0.15) is 0 Å². The van der Waals surface area contributed by atoms with Crippen LogP contribution in [0.5, 0.6) is 0 Å². The number of hydrogen-bond acceptors (Lipinski definition) is 4. The van der Waals surface area contributed by atoms with Gasteiger partial charge in [-0.3, -0.25) is 0 Å². The van der Waals surface area contributed by atoms with Crippen molar-refractivity contribution in [2.45, 2.75) is 38.6 Å². The lowest BCUT2D eigenvalue weighted by atomic mass is 9.90. The van der Waals surface area contributed by atoms with Crippen LogP contribution >= 0.6 is 0 Å². The van der Waals surface area contributed by atoms with E-state index in [0.29, 0.717) is 38.9 Å². The van der Waals surface area contributed by atoms with Gasteiger partial charge in [-0.05, 0) is 12.3 Å². The largest absolute Gasteiger partial charge is 0.480 e. The number of carboxylic acid groups (broad SMARTS) is 1. The van der Waals surface area contributed by atoms with E-state index in [2.05, 4.69) is 24.5 Å². The van der Waals surface area contributed by atoms with Gasteiger partial charge in [0, 0.05) is 39.2 Å². The van der Waals surface area contributed by atoms with Crippen molar-refractivity contribution in [2.24, 2.45) is 5.92 Å². The summed E-state index contributed by atoms with van der Waals surface area (Å²) in [6.45, 7) is 6.36. The first-order valence-corrected chi connectivity index (χ1v) is 7.41. The molecule has 1 aliphatic rings. The van der Waals surface area contributed by atoms with Gasteiger partial charge in [0.2, 0.25) is 0 Å². The van der Waals surface area contributed by atoms with Crippen LogP contribution in [0.3, 0.4) is 0 Å². The second-order valence-corrected chi connectivity index (χ2v) is 5.68. The predicted molar refractivity (Wildman–Crippen MR) is 77.2 cm³/mol. The highest BCUT2D eigenvalue weighted by atomic mass is 16.5. The first-order chi connectivity index (χ1) is 9.96. The first kappa shape index (κ1) is 17.7. The lowest BCUT2D eigenvalue weighted by molar-refractivity contribution is -0.148. The Morgan fingerprint density at radius 3 is 2.52 bits per heavy atom. The van der Waals surface area contributed by atoms with E-state index >= 15 is 0 Å². The standard InChI is InChI=1S/C14H26N2O5/c1-11(2)3-7-20-10-6-15-13(19)16-14(12(17)18)4-8-21-9-5-14/h11H,3-10H2,1-2H3,(H,17,18)(H2,15,16,19). The molecule has 0 atom stereocenters. The molecule has 1 aliphatic heterocycles. The SMILES string of the molecule is CC(C)CCOCCNC(=O)NC1(C(=O)O)CCOCC1. The Morgan fingerprint density at radius 1 is 1.29 bits per heavy atom. The fourth-order valence-electron chi connectivity index (χ4n) is 2.03. The smallest absolute Gasteiger partial charge is 0.329 e. The quantitative estimate of drug-likeness (QED) is 0.581. The molecule has 1 saturated heterocycles. The molecular weight excluding hydrogens is 276 g/mol. The van der Waals surface area contributed by atoms with E-state index in [4.69, 9.17) is 9.47 Å². The summed E-state index contributed by atoms with van der Waals surface area (Å²) in [5.41, 5.74) is -1.22. The summed E-state index contributed by atoms with van der Waals surface area (Å²) >= 11 is 0. The summed E-state index contributed by atoms with van der Waals surface area (Å²) in [6, 6.07) is -0.480. The molecule has 0 aliphatic carbocycles. The normalized spacial score (nSPS) is 17.5. The van der Waals surface area contributed by atoms with E-state index in [1.54, 1.807) is 0 Å². The molecule has 0 aromatic heterocycles. The molecule has 3 N–H and O–H groups in total. The van der Waals surface area contributed by atoms with Gasteiger partial charge in [-0.1, -0.05) is 13.8 Å². The van der Waals surface area contributed by atoms with Gasteiger partial charge in [0.1, 0.15) is 5.54 Å². The molecule has 21 heavy (non-hydrogen) atoms. The van der Waals surface area contributed by atoms with Gasteiger partial charge in [-0.25, -0.2) is 9.59 Å². The number of nitrogens with one attached hydrogen (secondary N) is 2. The van der Waals surface area contributed by atoms with Crippen LogP contribution < -0.4 is 10.6 Å². The van der Waals surface area contributed by atoms with Crippen molar-refractivity contribution in [3.63, 3.8) is 0 Å². The molecule has 7 heteroatoms. The molecule has 7 nitrogen and oxygen atoms in total. The fourth-order valence-corrected chi connectivity index (χ4v) is 2.03. The topological polar surface area (TPSA) is 96.9 Å². The summed E-state index contributed by atoms with van der Waals surface area (Å²) in [7, 11) is 0. The Morgan fingerprint density at radius 2 is 1.95 bits per heavy atom. The van der Waals surface area contributed by atoms with Crippen molar-refractivity contribution in [1.82, 2.24) is 10.6 Å². The molecule has 0 aromatic rings. The second kappa shape index (κ2) is 8.84. The molecular formula is C14H26N2O5. The number of carbonyl (C=O) groups excluding carboxylic acids is 1. The molecule has 0 radical (unpaired) electrons. The van der Waals surface area contributed by atoms with Gasteiger partial charge < -0.3 is 25.2 Å². The Balaban J connectivity index is 2.24. The van der Waals surface area contributed by atoms with E-state index in [1.165, 1.54) is 0 Å². The summed E-state index contributed by atoms with van der Waals surface area (Å²) in [5, 5.41) is 14.5. The van der Waals surface area contributed by atoms with E-state index in [1.807, 2.05) is 0 Å². The van der Waals surface area contributed by atoms with Crippen LogP contribution in [-0.2, 0) is 14.3 Å². The Bertz CT molecular complexity index is 340. The van der Waals surface area contributed by atoms with Gasteiger partial charge in [-0.15, -0.1) is 0 Å². The van der Waals surface area contributed by atoms with E-state index in [0.717, 1.165) is 6.42 Å². The monoisotopic (exact) mass is 302 g/mol.